The van der Waals surface area contributed by atoms with Crippen molar-refractivity contribution in [2.24, 2.45) is 0 Å². The van der Waals surface area contributed by atoms with Gasteiger partial charge in [0.2, 0.25) is 0 Å². The molecule has 16 heavy (non-hydrogen) atoms. The maximum absolute atomic E-state index is 9.73. The summed E-state index contributed by atoms with van der Waals surface area (Å²) < 4.78 is 5.44. The second-order valence-electron chi connectivity index (χ2n) is 4.21. The minimum Gasteiger partial charge on any atom is -0.494 e. The lowest BCUT2D eigenvalue weighted by Crippen LogP contribution is -2.27. The van der Waals surface area contributed by atoms with E-state index in [1.807, 2.05) is 31.2 Å². The topological polar surface area (TPSA) is 41.5 Å². The van der Waals surface area contributed by atoms with Gasteiger partial charge in [0, 0.05) is 11.8 Å². The SMILES string of the molecule is CCOc1cccc(N[C@H]2CCC[C@@H]2O)c1. The van der Waals surface area contributed by atoms with Crippen molar-refractivity contribution < 1.29 is 9.84 Å². The van der Waals surface area contributed by atoms with Gasteiger partial charge in [-0.1, -0.05) is 6.07 Å². The molecule has 88 valence electrons. The monoisotopic (exact) mass is 221 g/mol. The Hall–Kier alpha value is -1.22. The Morgan fingerprint density at radius 1 is 1.44 bits per heavy atom. The molecule has 1 aliphatic rings. The smallest absolute Gasteiger partial charge is 0.121 e. The van der Waals surface area contributed by atoms with E-state index in [2.05, 4.69) is 5.32 Å². The van der Waals surface area contributed by atoms with Crippen molar-refractivity contribution in [3.05, 3.63) is 24.3 Å². The van der Waals surface area contributed by atoms with Crippen LogP contribution in [0.2, 0.25) is 0 Å². The fraction of sp³-hybridized carbons (Fsp3) is 0.538. The minimum absolute atomic E-state index is 0.192. The average Bonchev–Trinajstić information content (AvgIpc) is 2.66. The van der Waals surface area contributed by atoms with Gasteiger partial charge < -0.3 is 15.2 Å². The van der Waals surface area contributed by atoms with Gasteiger partial charge in [-0.15, -0.1) is 0 Å². The van der Waals surface area contributed by atoms with Crippen molar-refractivity contribution in [3.63, 3.8) is 0 Å². The zero-order chi connectivity index (χ0) is 11.4. The van der Waals surface area contributed by atoms with E-state index in [0.29, 0.717) is 6.61 Å². The number of ether oxygens (including phenoxy) is 1. The predicted octanol–water partition coefficient (Wildman–Crippen LogP) is 2.41. The Morgan fingerprint density at radius 3 is 3.00 bits per heavy atom. The molecular formula is C13H19NO2. The molecule has 2 rings (SSSR count). The van der Waals surface area contributed by atoms with E-state index < -0.39 is 0 Å². The molecule has 1 fully saturated rings. The van der Waals surface area contributed by atoms with Crippen LogP contribution in [0.3, 0.4) is 0 Å². The van der Waals surface area contributed by atoms with Gasteiger partial charge in [0.15, 0.2) is 0 Å². The van der Waals surface area contributed by atoms with Gasteiger partial charge in [-0.2, -0.15) is 0 Å². The molecular weight excluding hydrogens is 202 g/mol. The first-order valence-corrected chi connectivity index (χ1v) is 5.97. The van der Waals surface area contributed by atoms with E-state index in [1.165, 1.54) is 0 Å². The summed E-state index contributed by atoms with van der Waals surface area (Å²) in [6.45, 7) is 2.65. The Labute approximate surface area is 96.4 Å². The van der Waals surface area contributed by atoms with Crippen LogP contribution in [0.15, 0.2) is 24.3 Å². The molecule has 2 atom stereocenters. The number of hydrogen-bond acceptors (Lipinski definition) is 3. The number of hydrogen-bond donors (Lipinski definition) is 2. The highest BCUT2D eigenvalue weighted by Crippen LogP contribution is 2.24. The van der Waals surface area contributed by atoms with E-state index in [1.54, 1.807) is 0 Å². The van der Waals surface area contributed by atoms with Crippen molar-refractivity contribution in [1.29, 1.82) is 0 Å². The van der Waals surface area contributed by atoms with Crippen molar-refractivity contribution in [2.75, 3.05) is 11.9 Å². The first kappa shape index (κ1) is 11.3. The Bertz CT molecular complexity index is 340. The Balaban J connectivity index is 2.00. The highest BCUT2D eigenvalue weighted by molar-refractivity contribution is 5.49. The number of aliphatic hydroxyl groups is 1. The molecule has 0 aromatic heterocycles. The molecule has 0 amide bonds. The zero-order valence-corrected chi connectivity index (χ0v) is 9.65. The number of aliphatic hydroxyl groups excluding tert-OH is 1. The molecule has 1 aromatic rings. The van der Waals surface area contributed by atoms with Gasteiger partial charge in [-0.25, -0.2) is 0 Å². The summed E-state index contributed by atoms with van der Waals surface area (Å²) in [6.07, 6.45) is 2.84. The van der Waals surface area contributed by atoms with Crippen LogP contribution in [0.5, 0.6) is 5.75 Å². The van der Waals surface area contributed by atoms with Gasteiger partial charge in [-0.3, -0.25) is 0 Å². The Kier molecular flexibility index (Phi) is 3.67. The summed E-state index contributed by atoms with van der Waals surface area (Å²) >= 11 is 0. The maximum atomic E-state index is 9.73. The molecule has 2 N–H and O–H groups in total. The normalized spacial score (nSPS) is 24.4. The summed E-state index contributed by atoms with van der Waals surface area (Å²) in [7, 11) is 0. The van der Waals surface area contributed by atoms with E-state index in [9.17, 15) is 5.11 Å². The predicted molar refractivity (Wildman–Crippen MR) is 64.9 cm³/mol. The van der Waals surface area contributed by atoms with Crippen molar-refractivity contribution >= 4 is 5.69 Å². The van der Waals surface area contributed by atoms with E-state index in [4.69, 9.17) is 4.74 Å². The summed E-state index contributed by atoms with van der Waals surface area (Å²) in [4.78, 5) is 0. The van der Waals surface area contributed by atoms with Crippen LogP contribution >= 0.6 is 0 Å². The van der Waals surface area contributed by atoms with Crippen LogP contribution in [-0.2, 0) is 0 Å². The third-order valence-corrected chi connectivity index (χ3v) is 2.98. The molecule has 0 aliphatic heterocycles. The van der Waals surface area contributed by atoms with E-state index in [0.717, 1.165) is 30.7 Å². The van der Waals surface area contributed by atoms with Gasteiger partial charge in [0.25, 0.3) is 0 Å². The van der Waals surface area contributed by atoms with Crippen molar-refractivity contribution in [2.45, 2.75) is 38.3 Å². The molecule has 3 nitrogen and oxygen atoms in total. The van der Waals surface area contributed by atoms with Crippen molar-refractivity contribution in [3.8, 4) is 5.75 Å². The molecule has 1 saturated carbocycles. The van der Waals surface area contributed by atoms with Crippen LogP contribution in [-0.4, -0.2) is 23.9 Å². The first-order valence-electron chi connectivity index (χ1n) is 5.97. The third kappa shape index (κ3) is 2.67. The standard InChI is InChI=1S/C13H19NO2/c1-2-16-11-6-3-5-10(9-11)14-12-7-4-8-13(12)15/h3,5-6,9,12-15H,2,4,7-8H2,1H3/t12-,13-/m0/s1. The largest absolute Gasteiger partial charge is 0.494 e. The molecule has 0 spiro atoms. The van der Waals surface area contributed by atoms with Crippen LogP contribution in [0, 0.1) is 0 Å². The fourth-order valence-electron chi connectivity index (χ4n) is 2.17. The van der Waals surface area contributed by atoms with Crippen LogP contribution < -0.4 is 10.1 Å². The van der Waals surface area contributed by atoms with Gasteiger partial charge >= 0.3 is 0 Å². The highest BCUT2D eigenvalue weighted by atomic mass is 16.5. The Morgan fingerprint density at radius 2 is 2.31 bits per heavy atom. The number of anilines is 1. The highest BCUT2D eigenvalue weighted by Gasteiger charge is 2.24. The summed E-state index contributed by atoms with van der Waals surface area (Å²) in [5.41, 5.74) is 1.02. The molecule has 0 unspecified atom stereocenters. The first-order chi connectivity index (χ1) is 7.79. The third-order valence-electron chi connectivity index (χ3n) is 2.98. The molecule has 0 heterocycles. The quantitative estimate of drug-likeness (QED) is 0.820. The number of nitrogens with one attached hydrogen (secondary N) is 1. The molecule has 0 saturated heterocycles. The molecule has 1 aliphatic carbocycles. The zero-order valence-electron chi connectivity index (χ0n) is 9.65. The van der Waals surface area contributed by atoms with Crippen molar-refractivity contribution in [1.82, 2.24) is 0 Å². The maximum Gasteiger partial charge on any atom is 0.121 e. The van der Waals surface area contributed by atoms with Gasteiger partial charge in [-0.05, 0) is 38.3 Å². The number of rotatable bonds is 4. The molecule has 0 radical (unpaired) electrons. The summed E-state index contributed by atoms with van der Waals surface area (Å²) in [5.74, 6) is 0.875. The lowest BCUT2D eigenvalue weighted by Gasteiger charge is -2.18. The van der Waals surface area contributed by atoms with Crippen LogP contribution in [0.4, 0.5) is 5.69 Å². The molecule has 3 heteroatoms. The number of benzene rings is 1. The summed E-state index contributed by atoms with van der Waals surface area (Å²) in [6, 6.07) is 8.09. The van der Waals surface area contributed by atoms with Crippen LogP contribution in [0.1, 0.15) is 26.2 Å². The molecule has 0 bridgehead atoms. The van der Waals surface area contributed by atoms with E-state index >= 15 is 0 Å². The van der Waals surface area contributed by atoms with E-state index in [-0.39, 0.29) is 12.1 Å². The molecule has 1 aromatic carbocycles. The lowest BCUT2D eigenvalue weighted by atomic mass is 10.2. The average molecular weight is 221 g/mol. The summed E-state index contributed by atoms with van der Waals surface area (Å²) in [5, 5.41) is 13.1. The fourth-order valence-corrected chi connectivity index (χ4v) is 2.17. The second-order valence-corrected chi connectivity index (χ2v) is 4.21. The van der Waals surface area contributed by atoms with Gasteiger partial charge in [0.1, 0.15) is 5.75 Å². The minimum atomic E-state index is -0.212. The lowest BCUT2D eigenvalue weighted by molar-refractivity contribution is 0.172. The second kappa shape index (κ2) is 5.21. The van der Waals surface area contributed by atoms with Crippen LogP contribution in [0.25, 0.3) is 0 Å². The van der Waals surface area contributed by atoms with Gasteiger partial charge in [0.05, 0.1) is 18.8 Å².